The maximum absolute atomic E-state index is 5.71. The minimum absolute atomic E-state index is 0.415. The number of benzene rings is 2. The van der Waals surface area contributed by atoms with E-state index in [2.05, 4.69) is 6.58 Å². The Labute approximate surface area is 149 Å². The molecule has 4 nitrogen and oxygen atoms in total. The van der Waals surface area contributed by atoms with Gasteiger partial charge >= 0.3 is 0 Å². The largest absolute Gasteiger partial charge is 0.491 e. The van der Waals surface area contributed by atoms with Crippen molar-refractivity contribution in [3.63, 3.8) is 0 Å². The molecule has 0 amide bonds. The lowest BCUT2D eigenvalue weighted by Gasteiger charge is -2.09. The van der Waals surface area contributed by atoms with Gasteiger partial charge in [0.05, 0.1) is 0 Å². The average Bonchev–Trinajstić information content (AvgIpc) is 2.64. The topological polar surface area (TPSA) is 70.5 Å². The highest BCUT2D eigenvalue weighted by Gasteiger charge is 1.99. The highest BCUT2D eigenvalue weighted by Crippen LogP contribution is 2.23. The molecule has 0 saturated heterocycles. The Morgan fingerprint density at radius 1 is 0.960 bits per heavy atom. The van der Waals surface area contributed by atoms with Crippen LogP contribution in [0, 0.1) is 0 Å². The van der Waals surface area contributed by atoms with Crippen LogP contribution in [0.15, 0.2) is 84.8 Å². The quantitative estimate of drug-likeness (QED) is 0.327. The molecule has 0 aliphatic heterocycles. The Balaban J connectivity index is 1.77. The van der Waals surface area contributed by atoms with Crippen LogP contribution in [0.1, 0.15) is 6.92 Å². The van der Waals surface area contributed by atoms with Gasteiger partial charge in [0.15, 0.2) is 0 Å². The highest BCUT2D eigenvalue weighted by molar-refractivity contribution is 5.66. The second-order valence-electron chi connectivity index (χ2n) is 5.43. The third-order valence-corrected chi connectivity index (χ3v) is 3.53. The number of nitrogens with two attached hydrogens (primary N) is 2. The maximum Gasteiger partial charge on any atom is 0.122 e. The summed E-state index contributed by atoms with van der Waals surface area (Å²) >= 11 is 0. The Morgan fingerprint density at radius 2 is 1.56 bits per heavy atom. The first kappa shape index (κ1) is 18.2. The van der Waals surface area contributed by atoms with Crippen molar-refractivity contribution < 1.29 is 9.47 Å². The number of hydrogen-bond acceptors (Lipinski definition) is 4. The number of nitrogen functional groups attached to an aromatic ring is 1. The van der Waals surface area contributed by atoms with Crippen LogP contribution in [0.4, 0.5) is 5.69 Å². The molecule has 0 aliphatic carbocycles. The van der Waals surface area contributed by atoms with Gasteiger partial charge in [-0.1, -0.05) is 36.9 Å². The van der Waals surface area contributed by atoms with Crippen LogP contribution in [0.3, 0.4) is 0 Å². The van der Waals surface area contributed by atoms with Crippen LogP contribution in [-0.4, -0.2) is 13.2 Å². The summed E-state index contributed by atoms with van der Waals surface area (Å²) in [7, 11) is 0. The zero-order chi connectivity index (χ0) is 18.1. The van der Waals surface area contributed by atoms with Crippen molar-refractivity contribution in [2.75, 3.05) is 18.9 Å². The second-order valence-corrected chi connectivity index (χ2v) is 5.43. The lowest BCUT2D eigenvalue weighted by molar-refractivity contribution is 0.165. The van der Waals surface area contributed by atoms with Gasteiger partial charge in [0, 0.05) is 11.4 Å². The summed E-state index contributed by atoms with van der Waals surface area (Å²) in [5, 5.41) is 0. The number of rotatable bonds is 8. The first-order chi connectivity index (χ1) is 12.1. The Bertz CT molecular complexity index is 744. The molecular weight excluding hydrogens is 312 g/mol. The molecule has 4 heteroatoms. The summed E-state index contributed by atoms with van der Waals surface area (Å²) in [5.74, 6) is 1.34. The van der Waals surface area contributed by atoms with Crippen LogP contribution >= 0.6 is 0 Å². The van der Waals surface area contributed by atoms with Crippen LogP contribution < -0.4 is 16.2 Å². The lowest BCUT2D eigenvalue weighted by Crippen LogP contribution is -2.05. The van der Waals surface area contributed by atoms with Gasteiger partial charge in [-0.25, -0.2) is 0 Å². The van der Waals surface area contributed by atoms with Crippen molar-refractivity contribution in [1.82, 2.24) is 0 Å². The molecule has 0 fully saturated rings. The molecule has 0 aromatic heterocycles. The molecule has 2 aromatic rings. The summed E-state index contributed by atoms with van der Waals surface area (Å²) < 4.78 is 11.1. The van der Waals surface area contributed by atoms with Gasteiger partial charge in [-0.3, -0.25) is 0 Å². The highest BCUT2D eigenvalue weighted by atomic mass is 16.5. The molecule has 2 aromatic carbocycles. The average molecular weight is 336 g/mol. The SMILES string of the molecule is C=C(/C=C\C(N)=C/C)OCCOc1ccc(-c2ccc(N)cc2)cc1. The van der Waals surface area contributed by atoms with Crippen LogP contribution in [0.5, 0.6) is 5.75 Å². The monoisotopic (exact) mass is 336 g/mol. The van der Waals surface area contributed by atoms with Gasteiger partial charge in [-0.05, 0) is 54.5 Å². The van der Waals surface area contributed by atoms with Crippen molar-refractivity contribution in [3.05, 3.63) is 84.8 Å². The molecule has 2 rings (SSSR count). The molecule has 4 N–H and O–H groups in total. The van der Waals surface area contributed by atoms with Gasteiger partial charge in [-0.2, -0.15) is 0 Å². The number of allylic oxidation sites excluding steroid dienone is 3. The predicted octanol–water partition coefficient (Wildman–Crippen LogP) is 4.26. The van der Waals surface area contributed by atoms with E-state index in [1.54, 1.807) is 18.2 Å². The minimum atomic E-state index is 0.415. The molecule has 0 saturated carbocycles. The second kappa shape index (κ2) is 9.23. The van der Waals surface area contributed by atoms with Crippen molar-refractivity contribution >= 4 is 5.69 Å². The molecule has 0 heterocycles. The predicted molar refractivity (Wildman–Crippen MR) is 104 cm³/mol. The summed E-state index contributed by atoms with van der Waals surface area (Å²) in [6.45, 7) is 6.52. The lowest BCUT2D eigenvalue weighted by atomic mass is 10.1. The Kier molecular flexibility index (Phi) is 6.72. The Hall–Kier alpha value is -3.14. The standard InChI is InChI=1S/C21H24N2O2/c1-3-19(22)9-4-16(2)24-14-15-25-21-12-7-18(8-13-21)17-5-10-20(23)11-6-17/h3-13H,2,14-15,22-23H2,1H3/b9-4-,19-3+. The molecule has 0 unspecified atom stereocenters. The number of anilines is 1. The molecule has 0 spiro atoms. The molecule has 0 aliphatic rings. The molecule has 0 radical (unpaired) electrons. The Morgan fingerprint density at radius 3 is 2.16 bits per heavy atom. The molecule has 0 atom stereocenters. The summed E-state index contributed by atoms with van der Waals surface area (Å²) in [6.07, 6.45) is 5.29. The van der Waals surface area contributed by atoms with E-state index in [0.29, 0.717) is 24.7 Å². The van der Waals surface area contributed by atoms with E-state index in [1.807, 2.05) is 55.5 Å². The van der Waals surface area contributed by atoms with E-state index in [-0.39, 0.29) is 0 Å². The fraction of sp³-hybridized carbons (Fsp3) is 0.143. The van der Waals surface area contributed by atoms with Crippen LogP contribution in [0.25, 0.3) is 11.1 Å². The zero-order valence-electron chi connectivity index (χ0n) is 14.4. The first-order valence-corrected chi connectivity index (χ1v) is 8.09. The van der Waals surface area contributed by atoms with E-state index in [0.717, 1.165) is 22.6 Å². The van der Waals surface area contributed by atoms with Gasteiger partial charge in [0.25, 0.3) is 0 Å². The molecule has 130 valence electrons. The van der Waals surface area contributed by atoms with Crippen LogP contribution in [0.2, 0.25) is 0 Å². The fourth-order valence-electron chi connectivity index (χ4n) is 2.08. The first-order valence-electron chi connectivity index (χ1n) is 8.09. The van der Waals surface area contributed by atoms with Crippen molar-refractivity contribution in [2.45, 2.75) is 6.92 Å². The molecule has 25 heavy (non-hydrogen) atoms. The van der Waals surface area contributed by atoms with E-state index in [4.69, 9.17) is 20.9 Å². The summed E-state index contributed by atoms with van der Waals surface area (Å²) in [6, 6.07) is 15.7. The van der Waals surface area contributed by atoms with E-state index >= 15 is 0 Å². The van der Waals surface area contributed by atoms with Crippen LogP contribution in [-0.2, 0) is 4.74 Å². The summed E-state index contributed by atoms with van der Waals surface area (Å²) in [5.41, 5.74) is 15.0. The number of ether oxygens (including phenoxy) is 2. The fourth-order valence-corrected chi connectivity index (χ4v) is 2.08. The van der Waals surface area contributed by atoms with E-state index < -0.39 is 0 Å². The van der Waals surface area contributed by atoms with Gasteiger partial charge in [0.2, 0.25) is 0 Å². The number of hydrogen-bond donors (Lipinski definition) is 2. The normalized spacial score (nSPS) is 11.5. The third-order valence-electron chi connectivity index (χ3n) is 3.53. The summed E-state index contributed by atoms with van der Waals surface area (Å²) in [4.78, 5) is 0. The van der Waals surface area contributed by atoms with Gasteiger partial charge in [-0.15, -0.1) is 0 Å². The van der Waals surface area contributed by atoms with Gasteiger partial charge in [0.1, 0.15) is 24.7 Å². The zero-order valence-corrected chi connectivity index (χ0v) is 14.4. The van der Waals surface area contributed by atoms with E-state index in [1.165, 1.54) is 0 Å². The van der Waals surface area contributed by atoms with Crippen molar-refractivity contribution in [3.8, 4) is 16.9 Å². The smallest absolute Gasteiger partial charge is 0.122 e. The minimum Gasteiger partial charge on any atom is -0.491 e. The maximum atomic E-state index is 5.71. The molecule has 0 bridgehead atoms. The van der Waals surface area contributed by atoms with Crippen molar-refractivity contribution in [1.29, 1.82) is 0 Å². The van der Waals surface area contributed by atoms with Gasteiger partial charge < -0.3 is 20.9 Å². The molecular formula is C21H24N2O2. The van der Waals surface area contributed by atoms with E-state index in [9.17, 15) is 0 Å². The van der Waals surface area contributed by atoms with Crippen molar-refractivity contribution in [2.24, 2.45) is 5.73 Å². The third kappa shape index (κ3) is 6.11.